The fourth-order valence-electron chi connectivity index (χ4n) is 4.77. The molecule has 170 valence electrons. The van der Waals surface area contributed by atoms with Crippen LogP contribution in [0.25, 0.3) is 16.7 Å². The highest BCUT2D eigenvalue weighted by Crippen LogP contribution is 2.43. The lowest BCUT2D eigenvalue weighted by Gasteiger charge is -2.39. The Morgan fingerprint density at radius 2 is 1.72 bits per heavy atom. The average Bonchev–Trinajstić information content (AvgIpc) is 3.14. The van der Waals surface area contributed by atoms with Gasteiger partial charge in [-0.25, -0.2) is 14.6 Å². The Hall–Kier alpha value is -2.68. The smallest absolute Gasteiger partial charge is 0.354 e. The monoisotopic (exact) mass is 444 g/mol. The summed E-state index contributed by atoms with van der Waals surface area (Å²) in [5.74, 6) is 2.02. The number of benzene rings is 1. The first-order valence-electron chi connectivity index (χ1n) is 11.1. The van der Waals surface area contributed by atoms with Crippen LogP contribution >= 0.6 is 0 Å². The summed E-state index contributed by atoms with van der Waals surface area (Å²) in [6.07, 6.45) is 1.33. The van der Waals surface area contributed by atoms with E-state index in [4.69, 9.17) is 0 Å². The summed E-state index contributed by atoms with van der Waals surface area (Å²) >= 11 is 0. The van der Waals surface area contributed by atoms with Crippen LogP contribution in [0.4, 0.5) is 19.0 Å². The van der Waals surface area contributed by atoms with E-state index in [-0.39, 0.29) is 5.41 Å². The number of piperazine rings is 1. The molecule has 6 nitrogen and oxygen atoms in total. The second-order valence-electron chi connectivity index (χ2n) is 9.25. The molecule has 2 aromatic heterocycles. The molecule has 0 radical (unpaired) electrons. The van der Waals surface area contributed by atoms with Gasteiger partial charge in [-0.15, -0.1) is 0 Å². The van der Waals surface area contributed by atoms with Crippen LogP contribution in [0, 0.1) is 6.92 Å². The molecule has 1 aromatic carbocycles. The normalized spacial score (nSPS) is 19.3. The Labute approximate surface area is 185 Å². The second kappa shape index (κ2) is 7.72. The van der Waals surface area contributed by atoms with E-state index in [1.54, 1.807) is 0 Å². The van der Waals surface area contributed by atoms with E-state index in [1.807, 2.05) is 28.8 Å². The van der Waals surface area contributed by atoms with E-state index in [2.05, 4.69) is 40.2 Å². The summed E-state index contributed by atoms with van der Waals surface area (Å²) < 4.78 is 39.9. The van der Waals surface area contributed by atoms with Crippen molar-refractivity contribution in [3.63, 3.8) is 0 Å². The number of hydrogen-bond donors (Lipinski definition) is 0. The maximum Gasteiger partial charge on any atom is 0.401 e. The predicted molar refractivity (Wildman–Crippen MR) is 117 cm³/mol. The van der Waals surface area contributed by atoms with Gasteiger partial charge in [0, 0.05) is 37.6 Å². The Bertz CT molecular complexity index is 1130. The molecule has 0 spiro atoms. The van der Waals surface area contributed by atoms with Crippen LogP contribution in [0.15, 0.2) is 30.5 Å². The standard InChI is InChI=1S/C23H27F3N6/c1-16-28-20(31-10-8-30(9-11-31)15-23(24,25)26)13-21(29-16)32-19-12-18(22(2)6-3-7-22)5-4-17(19)14-27-32/h4-5,12-14H,3,6-11,15H2,1-2H3. The van der Waals surface area contributed by atoms with Crippen LogP contribution in [-0.2, 0) is 5.41 Å². The van der Waals surface area contributed by atoms with Gasteiger partial charge in [-0.2, -0.15) is 18.3 Å². The van der Waals surface area contributed by atoms with Crippen molar-refractivity contribution in [3.05, 3.63) is 41.9 Å². The zero-order valence-electron chi connectivity index (χ0n) is 18.4. The van der Waals surface area contributed by atoms with Gasteiger partial charge in [0.15, 0.2) is 5.82 Å². The number of alkyl halides is 3. The number of halogens is 3. The molecule has 2 aliphatic rings. The van der Waals surface area contributed by atoms with Gasteiger partial charge in [0.25, 0.3) is 0 Å². The number of anilines is 1. The minimum atomic E-state index is -4.17. The SMILES string of the molecule is Cc1nc(N2CCN(CC(F)(F)F)CC2)cc(-n2ncc3ccc(C4(C)CCC4)cc32)n1. The summed E-state index contributed by atoms with van der Waals surface area (Å²) in [5, 5.41) is 5.64. The Kier molecular flexibility index (Phi) is 5.11. The second-order valence-corrected chi connectivity index (χ2v) is 9.25. The van der Waals surface area contributed by atoms with Crippen LogP contribution in [0.2, 0.25) is 0 Å². The maximum atomic E-state index is 12.7. The van der Waals surface area contributed by atoms with Crippen molar-refractivity contribution in [3.8, 4) is 5.82 Å². The third-order valence-corrected chi connectivity index (χ3v) is 6.85. The first kappa shape index (κ1) is 21.2. The van der Waals surface area contributed by atoms with E-state index < -0.39 is 12.7 Å². The summed E-state index contributed by atoms with van der Waals surface area (Å²) in [4.78, 5) is 12.6. The molecule has 0 unspecified atom stereocenters. The van der Waals surface area contributed by atoms with Crippen molar-refractivity contribution >= 4 is 16.7 Å². The van der Waals surface area contributed by atoms with Crippen molar-refractivity contribution in [2.75, 3.05) is 37.6 Å². The van der Waals surface area contributed by atoms with Gasteiger partial charge >= 0.3 is 6.18 Å². The van der Waals surface area contributed by atoms with Crippen molar-refractivity contribution in [1.82, 2.24) is 24.6 Å². The topological polar surface area (TPSA) is 50.1 Å². The lowest BCUT2D eigenvalue weighted by molar-refractivity contribution is -0.146. The zero-order chi connectivity index (χ0) is 22.5. The molecule has 0 bridgehead atoms. The van der Waals surface area contributed by atoms with Gasteiger partial charge in [0.1, 0.15) is 11.6 Å². The molecular weight excluding hydrogens is 417 g/mol. The fourth-order valence-corrected chi connectivity index (χ4v) is 4.77. The van der Waals surface area contributed by atoms with Crippen molar-refractivity contribution in [2.24, 2.45) is 0 Å². The number of nitrogens with zero attached hydrogens (tertiary/aromatic N) is 6. The fraction of sp³-hybridized carbons (Fsp3) is 0.522. The molecule has 32 heavy (non-hydrogen) atoms. The van der Waals surface area contributed by atoms with Crippen molar-refractivity contribution in [1.29, 1.82) is 0 Å². The lowest BCUT2D eigenvalue weighted by atomic mass is 9.66. The zero-order valence-corrected chi connectivity index (χ0v) is 18.4. The molecule has 9 heteroatoms. The lowest BCUT2D eigenvalue weighted by Crippen LogP contribution is -2.49. The van der Waals surface area contributed by atoms with E-state index in [0.717, 1.165) is 16.7 Å². The Balaban J connectivity index is 1.42. The minimum Gasteiger partial charge on any atom is -0.354 e. The first-order valence-corrected chi connectivity index (χ1v) is 11.1. The number of hydrogen-bond acceptors (Lipinski definition) is 5. The number of aromatic nitrogens is 4. The van der Waals surface area contributed by atoms with Gasteiger partial charge in [0.2, 0.25) is 0 Å². The third kappa shape index (κ3) is 4.05. The molecule has 3 aromatic rings. The third-order valence-electron chi connectivity index (χ3n) is 6.85. The highest BCUT2D eigenvalue weighted by molar-refractivity contribution is 5.81. The summed E-state index contributed by atoms with van der Waals surface area (Å²) in [6, 6.07) is 8.42. The van der Waals surface area contributed by atoms with Crippen LogP contribution < -0.4 is 4.90 Å². The molecule has 0 N–H and O–H groups in total. The average molecular weight is 445 g/mol. The molecular formula is C23H27F3N6. The molecule has 1 saturated heterocycles. The summed E-state index contributed by atoms with van der Waals surface area (Å²) in [7, 11) is 0. The van der Waals surface area contributed by atoms with Gasteiger partial charge in [0.05, 0.1) is 18.3 Å². The van der Waals surface area contributed by atoms with E-state index >= 15 is 0 Å². The van der Waals surface area contributed by atoms with Crippen molar-refractivity contribution in [2.45, 2.75) is 44.7 Å². The van der Waals surface area contributed by atoms with Crippen LogP contribution in [0.3, 0.4) is 0 Å². The van der Waals surface area contributed by atoms with Gasteiger partial charge in [-0.1, -0.05) is 25.5 Å². The molecule has 1 aliphatic heterocycles. The molecule has 2 fully saturated rings. The van der Waals surface area contributed by atoms with E-state index in [1.165, 1.54) is 29.7 Å². The van der Waals surface area contributed by atoms with Gasteiger partial charge in [-0.3, -0.25) is 4.90 Å². The van der Waals surface area contributed by atoms with Crippen LogP contribution in [0.5, 0.6) is 0 Å². The maximum absolute atomic E-state index is 12.7. The highest BCUT2D eigenvalue weighted by atomic mass is 19.4. The molecule has 1 aliphatic carbocycles. The van der Waals surface area contributed by atoms with Crippen molar-refractivity contribution < 1.29 is 13.2 Å². The predicted octanol–water partition coefficient (Wildman–Crippen LogP) is 4.25. The van der Waals surface area contributed by atoms with Crippen LogP contribution in [-0.4, -0.2) is 63.5 Å². The molecule has 5 rings (SSSR count). The molecule has 0 amide bonds. The number of aryl methyl sites for hydroxylation is 1. The Morgan fingerprint density at radius 3 is 2.38 bits per heavy atom. The Morgan fingerprint density at radius 1 is 1.00 bits per heavy atom. The number of fused-ring (bicyclic) bond motifs is 1. The minimum absolute atomic E-state index is 0.228. The molecule has 0 atom stereocenters. The molecule has 3 heterocycles. The number of rotatable bonds is 4. The summed E-state index contributed by atoms with van der Waals surface area (Å²) in [6.45, 7) is 4.97. The highest BCUT2D eigenvalue weighted by Gasteiger charge is 2.34. The van der Waals surface area contributed by atoms with Crippen LogP contribution in [0.1, 0.15) is 37.6 Å². The van der Waals surface area contributed by atoms with E-state index in [0.29, 0.717) is 37.8 Å². The van der Waals surface area contributed by atoms with E-state index in [9.17, 15) is 13.2 Å². The summed E-state index contributed by atoms with van der Waals surface area (Å²) in [5.41, 5.74) is 2.56. The molecule has 1 saturated carbocycles. The first-order chi connectivity index (χ1) is 15.2. The van der Waals surface area contributed by atoms with Gasteiger partial charge in [-0.05, 0) is 36.8 Å². The largest absolute Gasteiger partial charge is 0.401 e. The quantitative estimate of drug-likeness (QED) is 0.602. The van der Waals surface area contributed by atoms with Gasteiger partial charge < -0.3 is 4.90 Å².